The molecule has 2 aromatic carbocycles. The van der Waals surface area contributed by atoms with Crippen LogP contribution in [0.5, 0.6) is 11.5 Å². The van der Waals surface area contributed by atoms with Crippen molar-refractivity contribution >= 4 is 11.6 Å². The molecule has 2 heterocycles. The van der Waals surface area contributed by atoms with Gasteiger partial charge in [-0.2, -0.15) is 5.10 Å². The molecule has 1 unspecified atom stereocenters. The lowest BCUT2D eigenvalue weighted by Gasteiger charge is -2.39. The third kappa shape index (κ3) is 6.73. The molecule has 0 saturated carbocycles. The highest BCUT2D eigenvalue weighted by Crippen LogP contribution is 2.29. The van der Waals surface area contributed by atoms with Crippen molar-refractivity contribution < 1.29 is 14.6 Å². The van der Waals surface area contributed by atoms with Crippen molar-refractivity contribution in [1.29, 1.82) is 0 Å². The number of aliphatic hydroxyl groups is 1. The second kappa shape index (κ2) is 10.6. The average Bonchev–Trinajstić information content (AvgIpc) is 3.21. The van der Waals surface area contributed by atoms with Crippen molar-refractivity contribution in [2.24, 2.45) is 0 Å². The van der Waals surface area contributed by atoms with Crippen LogP contribution in [-0.4, -0.2) is 51.7 Å². The Hall–Kier alpha value is -2.54. The third-order valence-electron chi connectivity index (χ3n) is 5.91. The summed E-state index contributed by atoms with van der Waals surface area (Å²) in [4.78, 5) is 2.28. The van der Waals surface area contributed by atoms with E-state index in [1.807, 2.05) is 61.1 Å². The summed E-state index contributed by atoms with van der Waals surface area (Å²) in [6, 6.07) is 15.9. The fourth-order valence-electron chi connectivity index (χ4n) is 4.19. The van der Waals surface area contributed by atoms with Gasteiger partial charge in [-0.05, 0) is 74.7 Å². The van der Waals surface area contributed by atoms with E-state index in [4.69, 9.17) is 21.1 Å². The zero-order valence-corrected chi connectivity index (χ0v) is 20.1. The number of aromatic nitrogens is 2. The van der Waals surface area contributed by atoms with Gasteiger partial charge in [0.05, 0.1) is 17.3 Å². The van der Waals surface area contributed by atoms with Gasteiger partial charge in [0.25, 0.3) is 0 Å². The zero-order valence-electron chi connectivity index (χ0n) is 19.3. The number of rotatable bonds is 9. The maximum Gasteiger partial charge on any atom is 0.138 e. The van der Waals surface area contributed by atoms with E-state index in [-0.39, 0.29) is 6.61 Å². The number of ether oxygens (including phenoxy) is 2. The SMILES string of the molecule is Cc1ccc(Cl)c(OCC2(O)CCCN(Cc3ccc(OCCn4ccc(C)n4)cc3)C2)c1. The van der Waals surface area contributed by atoms with E-state index in [2.05, 4.69) is 22.1 Å². The first-order chi connectivity index (χ1) is 15.9. The van der Waals surface area contributed by atoms with E-state index < -0.39 is 5.60 Å². The quantitative estimate of drug-likeness (QED) is 0.494. The molecule has 0 bridgehead atoms. The minimum Gasteiger partial charge on any atom is -0.492 e. The topological polar surface area (TPSA) is 59.8 Å². The van der Waals surface area contributed by atoms with E-state index >= 15 is 0 Å². The highest BCUT2D eigenvalue weighted by atomic mass is 35.5. The summed E-state index contributed by atoms with van der Waals surface area (Å²) in [5.74, 6) is 1.47. The fraction of sp³-hybridized carbons (Fsp3) is 0.423. The molecule has 6 nitrogen and oxygen atoms in total. The molecule has 1 aliphatic heterocycles. The first kappa shape index (κ1) is 23.6. The maximum atomic E-state index is 11.1. The molecule has 1 aromatic heterocycles. The Kier molecular flexibility index (Phi) is 7.58. The molecule has 1 fully saturated rings. The average molecular weight is 470 g/mol. The highest BCUT2D eigenvalue weighted by Gasteiger charge is 2.34. The summed E-state index contributed by atoms with van der Waals surface area (Å²) < 4.78 is 13.6. The minimum absolute atomic E-state index is 0.231. The van der Waals surface area contributed by atoms with Gasteiger partial charge < -0.3 is 14.6 Å². The van der Waals surface area contributed by atoms with Crippen LogP contribution in [0.2, 0.25) is 5.02 Å². The van der Waals surface area contributed by atoms with Crippen molar-refractivity contribution in [2.45, 2.75) is 45.4 Å². The van der Waals surface area contributed by atoms with Crippen molar-refractivity contribution in [3.63, 3.8) is 0 Å². The molecule has 1 aliphatic rings. The van der Waals surface area contributed by atoms with Crippen LogP contribution in [0.1, 0.15) is 29.7 Å². The number of piperidine rings is 1. The molecule has 0 aliphatic carbocycles. The van der Waals surface area contributed by atoms with Gasteiger partial charge in [0.2, 0.25) is 0 Å². The largest absolute Gasteiger partial charge is 0.492 e. The maximum absolute atomic E-state index is 11.1. The van der Waals surface area contributed by atoms with Crippen LogP contribution in [0.4, 0.5) is 0 Å². The molecular weight excluding hydrogens is 438 g/mol. The van der Waals surface area contributed by atoms with Gasteiger partial charge >= 0.3 is 0 Å². The molecule has 4 rings (SSSR count). The normalized spacial score (nSPS) is 18.9. The van der Waals surface area contributed by atoms with E-state index in [0.29, 0.717) is 23.9 Å². The second-order valence-electron chi connectivity index (χ2n) is 8.97. The summed E-state index contributed by atoms with van der Waals surface area (Å²) in [6.07, 6.45) is 3.60. The van der Waals surface area contributed by atoms with Crippen LogP contribution in [0.25, 0.3) is 0 Å². The number of likely N-dealkylation sites (tertiary alicyclic amines) is 1. The van der Waals surface area contributed by atoms with Crippen LogP contribution >= 0.6 is 11.6 Å². The first-order valence-corrected chi connectivity index (χ1v) is 11.8. The van der Waals surface area contributed by atoms with E-state index in [1.165, 1.54) is 5.56 Å². The van der Waals surface area contributed by atoms with Crippen molar-refractivity contribution in [3.05, 3.63) is 76.6 Å². The van der Waals surface area contributed by atoms with Gasteiger partial charge in [-0.15, -0.1) is 0 Å². The third-order valence-corrected chi connectivity index (χ3v) is 6.22. The standard InChI is InChI=1S/C26H32ClN3O3/c1-20-4-9-24(27)25(16-20)33-19-26(31)11-3-12-29(18-26)17-22-5-7-23(8-6-22)32-15-14-30-13-10-21(2)28-30/h4-10,13,16,31H,3,11-12,14-15,17-19H2,1-2H3. The van der Waals surface area contributed by atoms with Gasteiger partial charge in [0.15, 0.2) is 0 Å². The summed E-state index contributed by atoms with van der Waals surface area (Å²) in [7, 11) is 0. The first-order valence-electron chi connectivity index (χ1n) is 11.4. The highest BCUT2D eigenvalue weighted by molar-refractivity contribution is 6.32. The predicted octanol–water partition coefficient (Wildman–Crippen LogP) is 4.64. The number of halogens is 1. The summed E-state index contributed by atoms with van der Waals surface area (Å²) in [6.45, 7) is 7.80. The Balaban J connectivity index is 1.26. The molecule has 1 N–H and O–H groups in total. The van der Waals surface area contributed by atoms with Crippen molar-refractivity contribution in [2.75, 3.05) is 26.3 Å². The van der Waals surface area contributed by atoms with Gasteiger partial charge in [-0.25, -0.2) is 0 Å². The van der Waals surface area contributed by atoms with Crippen LogP contribution in [0.3, 0.4) is 0 Å². The van der Waals surface area contributed by atoms with Gasteiger partial charge in [0.1, 0.15) is 30.3 Å². The monoisotopic (exact) mass is 469 g/mol. The van der Waals surface area contributed by atoms with Crippen LogP contribution in [0.15, 0.2) is 54.7 Å². The Morgan fingerprint density at radius 3 is 2.67 bits per heavy atom. The summed E-state index contributed by atoms with van der Waals surface area (Å²) >= 11 is 6.24. The van der Waals surface area contributed by atoms with Gasteiger partial charge in [-0.3, -0.25) is 9.58 Å². The number of hydrogen-bond donors (Lipinski definition) is 1. The van der Waals surface area contributed by atoms with Crippen molar-refractivity contribution in [1.82, 2.24) is 14.7 Å². The summed E-state index contributed by atoms with van der Waals surface area (Å²) in [5.41, 5.74) is 2.39. The van der Waals surface area contributed by atoms with Gasteiger partial charge in [-0.1, -0.05) is 29.8 Å². The minimum atomic E-state index is -0.890. The number of β-amino-alcohol motifs (C(OH)–C–C–N with tert-alkyl or cyclic N) is 1. The molecular formula is C26H32ClN3O3. The Morgan fingerprint density at radius 1 is 1.09 bits per heavy atom. The van der Waals surface area contributed by atoms with Crippen LogP contribution in [0, 0.1) is 13.8 Å². The van der Waals surface area contributed by atoms with Crippen molar-refractivity contribution in [3.8, 4) is 11.5 Å². The number of hydrogen-bond acceptors (Lipinski definition) is 5. The van der Waals surface area contributed by atoms with Crippen LogP contribution in [-0.2, 0) is 13.1 Å². The Labute approximate surface area is 200 Å². The lowest BCUT2D eigenvalue weighted by Crippen LogP contribution is -2.51. The number of aryl methyl sites for hydroxylation is 2. The van der Waals surface area contributed by atoms with E-state index in [9.17, 15) is 5.11 Å². The molecule has 33 heavy (non-hydrogen) atoms. The molecule has 1 saturated heterocycles. The molecule has 0 amide bonds. The van der Waals surface area contributed by atoms with E-state index in [0.717, 1.165) is 49.5 Å². The molecule has 176 valence electrons. The fourth-order valence-corrected chi connectivity index (χ4v) is 4.36. The molecule has 3 aromatic rings. The molecule has 0 spiro atoms. The lowest BCUT2D eigenvalue weighted by atomic mass is 9.93. The Morgan fingerprint density at radius 2 is 1.91 bits per heavy atom. The zero-order chi connectivity index (χ0) is 23.3. The predicted molar refractivity (Wildman–Crippen MR) is 130 cm³/mol. The molecule has 7 heteroatoms. The molecule has 0 radical (unpaired) electrons. The smallest absolute Gasteiger partial charge is 0.138 e. The lowest BCUT2D eigenvalue weighted by molar-refractivity contribution is -0.0620. The Bertz CT molecular complexity index is 1050. The number of benzene rings is 2. The molecule has 1 atom stereocenters. The van der Waals surface area contributed by atoms with E-state index in [1.54, 1.807) is 0 Å². The second-order valence-corrected chi connectivity index (χ2v) is 9.38. The number of nitrogens with zero attached hydrogens (tertiary/aromatic N) is 3. The van der Waals surface area contributed by atoms with Crippen LogP contribution < -0.4 is 9.47 Å². The van der Waals surface area contributed by atoms with Gasteiger partial charge in [0, 0.05) is 19.3 Å². The summed E-state index contributed by atoms with van der Waals surface area (Å²) in [5, 5.41) is 16.1.